The highest BCUT2D eigenvalue weighted by atomic mass is 32.1. The van der Waals surface area contributed by atoms with Gasteiger partial charge in [-0.2, -0.15) is 0 Å². The number of phenolic OH excluding ortho intramolecular Hbond substituents is 1. The van der Waals surface area contributed by atoms with Crippen molar-refractivity contribution in [2.75, 3.05) is 44.2 Å². The van der Waals surface area contributed by atoms with E-state index >= 15 is 0 Å². The summed E-state index contributed by atoms with van der Waals surface area (Å²) in [6, 6.07) is 7.55. The fourth-order valence-corrected chi connectivity index (χ4v) is 4.17. The normalized spacial score (nSPS) is 15.4. The van der Waals surface area contributed by atoms with Crippen LogP contribution in [0.15, 0.2) is 34.6 Å². The molecule has 0 unspecified atom stereocenters. The molecule has 0 amide bonds. The van der Waals surface area contributed by atoms with Gasteiger partial charge in [0, 0.05) is 57.0 Å². The Bertz CT molecular complexity index is 781. The van der Waals surface area contributed by atoms with Crippen LogP contribution in [0.3, 0.4) is 0 Å². The van der Waals surface area contributed by atoms with Crippen LogP contribution in [-0.2, 0) is 6.42 Å². The molecule has 2 aromatic rings. The first-order chi connectivity index (χ1) is 13.6. The Morgan fingerprint density at radius 3 is 2.64 bits per heavy atom. The first-order valence-corrected chi connectivity index (χ1v) is 11.0. The molecule has 2 heterocycles. The molecule has 1 saturated heterocycles. The number of anilines is 1. The molecule has 0 radical (unpaired) electrons. The van der Waals surface area contributed by atoms with Crippen LogP contribution < -0.4 is 10.2 Å². The van der Waals surface area contributed by atoms with Gasteiger partial charge in [0.15, 0.2) is 5.96 Å². The number of aliphatic imine (C=N–C) groups is 1. The summed E-state index contributed by atoms with van der Waals surface area (Å²) in [5, 5.41) is 16.9. The van der Waals surface area contributed by atoms with E-state index in [0.717, 1.165) is 63.0 Å². The number of hydrogen-bond acceptors (Lipinski definition) is 5. The van der Waals surface area contributed by atoms with E-state index < -0.39 is 0 Å². The fraction of sp³-hybridized carbons (Fsp3) is 0.524. The van der Waals surface area contributed by atoms with Crippen LogP contribution in [0, 0.1) is 0 Å². The number of aromatic hydroxyl groups is 1. The molecular weight excluding hydrogens is 370 g/mol. The minimum atomic E-state index is 0.348. The summed E-state index contributed by atoms with van der Waals surface area (Å²) in [6.45, 7) is 11.6. The molecule has 1 aliphatic heterocycles. The van der Waals surface area contributed by atoms with E-state index in [9.17, 15) is 5.11 Å². The molecule has 0 saturated carbocycles. The quantitative estimate of drug-likeness (QED) is 0.574. The monoisotopic (exact) mass is 401 g/mol. The van der Waals surface area contributed by atoms with E-state index in [1.165, 1.54) is 5.01 Å². The second kappa shape index (κ2) is 9.78. The highest BCUT2D eigenvalue weighted by Crippen LogP contribution is 2.27. The first-order valence-electron chi connectivity index (χ1n) is 10.1. The molecule has 28 heavy (non-hydrogen) atoms. The Hall–Kier alpha value is -2.28. The SMILES string of the molecule is CCNC(=NCCc1csc(C(C)C)n1)N1CCN(c2ccccc2O)CC1. The number of nitrogens with one attached hydrogen (secondary N) is 1. The van der Waals surface area contributed by atoms with E-state index in [4.69, 9.17) is 9.98 Å². The van der Waals surface area contributed by atoms with Crippen molar-refractivity contribution in [2.45, 2.75) is 33.1 Å². The molecule has 1 aliphatic rings. The second-order valence-corrected chi connectivity index (χ2v) is 8.17. The van der Waals surface area contributed by atoms with Gasteiger partial charge in [0.05, 0.1) is 16.4 Å². The zero-order chi connectivity index (χ0) is 19.9. The van der Waals surface area contributed by atoms with Crippen LogP contribution in [0.5, 0.6) is 5.75 Å². The number of thiazole rings is 1. The summed E-state index contributed by atoms with van der Waals surface area (Å²) >= 11 is 1.74. The number of para-hydroxylation sites is 2. The van der Waals surface area contributed by atoms with Crippen LogP contribution in [0.2, 0.25) is 0 Å². The average molecular weight is 402 g/mol. The van der Waals surface area contributed by atoms with Gasteiger partial charge in [-0.25, -0.2) is 4.98 Å². The van der Waals surface area contributed by atoms with Gasteiger partial charge in [0.1, 0.15) is 5.75 Å². The van der Waals surface area contributed by atoms with Crippen LogP contribution in [0.25, 0.3) is 0 Å². The lowest BCUT2D eigenvalue weighted by Gasteiger charge is -2.37. The minimum Gasteiger partial charge on any atom is -0.506 e. The predicted molar refractivity (Wildman–Crippen MR) is 118 cm³/mol. The van der Waals surface area contributed by atoms with Crippen LogP contribution in [-0.4, -0.2) is 60.2 Å². The number of benzene rings is 1. The number of guanidine groups is 1. The molecular formula is C21H31N5OS. The number of piperazine rings is 1. The molecule has 0 bridgehead atoms. The van der Waals surface area contributed by atoms with Crippen molar-refractivity contribution >= 4 is 23.0 Å². The lowest BCUT2D eigenvalue weighted by Crippen LogP contribution is -2.52. The highest BCUT2D eigenvalue weighted by Gasteiger charge is 2.21. The van der Waals surface area contributed by atoms with Gasteiger partial charge in [-0.3, -0.25) is 4.99 Å². The van der Waals surface area contributed by atoms with Gasteiger partial charge < -0.3 is 20.2 Å². The van der Waals surface area contributed by atoms with Gasteiger partial charge in [0.2, 0.25) is 0 Å². The molecule has 1 fully saturated rings. The van der Waals surface area contributed by atoms with Crippen molar-refractivity contribution < 1.29 is 5.11 Å². The number of phenols is 1. The molecule has 1 aromatic carbocycles. The number of rotatable bonds is 6. The maximum atomic E-state index is 10.1. The number of hydrogen-bond donors (Lipinski definition) is 2. The largest absolute Gasteiger partial charge is 0.506 e. The van der Waals surface area contributed by atoms with Gasteiger partial charge in [0.25, 0.3) is 0 Å². The zero-order valence-electron chi connectivity index (χ0n) is 17.1. The van der Waals surface area contributed by atoms with Crippen LogP contribution in [0.4, 0.5) is 5.69 Å². The van der Waals surface area contributed by atoms with Crippen molar-refractivity contribution in [3.05, 3.63) is 40.3 Å². The maximum absolute atomic E-state index is 10.1. The van der Waals surface area contributed by atoms with E-state index in [-0.39, 0.29) is 0 Å². The van der Waals surface area contributed by atoms with Crippen molar-refractivity contribution in [2.24, 2.45) is 4.99 Å². The third-order valence-electron chi connectivity index (χ3n) is 4.83. The summed E-state index contributed by atoms with van der Waals surface area (Å²) in [5.41, 5.74) is 2.05. The summed E-state index contributed by atoms with van der Waals surface area (Å²) in [6.07, 6.45) is 0.871. The molecule has 2 N–H and O–H groups in total. The van der Waals surface area contributed by atoms with Crippen LogP contribution >= 0.6 is 11.3 Å². The standard InChI is InChI=1S/C21H31N5OS/c1-4-22-21(23-10-9-17-15-28-20(24-17)16(2)3)26-13-11-25(12-14-26)18-7-5-6-8-19(18)27/h5-8,15-16,27H,4,9-14H2,1-3H3,(H,22,23). The summed E-state index contributed by atoms with van der Waals surface area (Å²) in [4.78, 5) is 14.1. The summed E-state index contributed by atoms with van der Waals surface area (Å²) in [5.74, 6) is 1.80. The van der Waals surface area contributed by atoms with Crippen molar-refractivity contribution in [1.29, 1.82) is 0 Å². The van der Waals surface area contributed by atoms with Crippen LogP contribution in [0.1, 0.15) is 37.4 Å². The fourth-order valence-electron chi connectivity index (χ4n) is 3.30. The zero-order valence-corrected chi connectivity index (χ0v) is 17.9. The Labute approximate surface area is 171 Å². The van der Waals surface area contributed by atoms with Gasteiger partial charge >= 0.3 is 0 Å². The molecule has 152 valence electrons. The van der Waals surface area contributed by atoms with E-state index in [2.05, 4.69) is 41.3 Å². The van der Waals surface area contributed by atoms with Crippen molar-refractivity contribution in [3.63, 3.8) is 0 Å². The molecule has 0 aliphatic carbocycles. The molecule has 3 rings (SSSR count). The smallest absolute Gasteiger partial charge is 0.194 e. The average Bonchev–Trinajstić information content (AvgIpc) is 3.17. The van der Waals surface area contributed by atoms with E-state index in [1.807, 2.05) is 18.2 Å². The molecule has 7 heteroatoms. The van der Waals surface area contributed by atoms with Gasteiger partial charge in [-0.05, 0) is 19.1 Å². The lowest BCUT2D eigenvalue weighted by atomic mass is 10.2. The van der Waals surface area contributed by atoms with Crippen molar-refractivity contribution in [1.82, 2.24) is 15.2 Å². The third-order valence-corrected chi connectivity index (χ3v) is 6.02. The Balaban J connectivity index is 1.56. The van der Waals surface area contributed by atoms with E-state index in [1.54, 1.807) is 17.4 Å². The number of nitrogens with zero attached hydrogens (tertiary/aromatic N) is 4. The van der Waals surface area contributed by atoms with Gasteiger partial charge in [-0.15, -0.1) is 11.3 Å². The second-order valence-electron chi connectivity index (χ2n) is 7.28. The lowest BCUT2D eigenvalue weighted by molar-refractivity contribution is 0.370. The third kappa shape index (κ3) is 5.16. The molecule has 0 atom stereocenters. The number of aromatic nitrogens is 1. The summed E-state index contributed by atoms with van der Waals surface area (Å²) < 4.78 is 0. The minimum absolute atomic E-state index is 0.348. The van der Waals surface area contributed by atoms with E-state index in [0.29, 0.717) is 11.7 Å². The summed E-state index contributed by atoms with van der Waals surface area (Å²) in [7, 11) is 0. The Morgan fingerprint density at radius 2 is 2.00 bits per heavy atom. The highest BCUT2D eigenvalue weighted by molar-refractivity contribution is 7.09. The molecule has 6 nitrogen and oxygen atoms in total. The molecule has 0 spiro atoms. The predicted octanol–water partition coefficient (Wildman–Crippen LogP) is 3.30. The maximum Gasteiger partial charge on any atom is 0.194 e. The topological polar surface area (TPSA) is 64.0 Å². The van der Waals surface area contributed by atoms with Gasteiger partial charge in [-0.1, -0.05) is 26.0 Å². The Kier molecular flexibility index (Phi) is 7.14. The Morgan fingerprint density at radius 1 is 1.25 bits per heavy atom. The first kappa shape index (κ1) is 20.5. The van der Waals surface area contributed by atoms with Crippen molar-refractivity contribution in [3.8, 4) is 5.75 Å². The molecule has 1 aromatic heterocycles.